The van der Waals surface area contributed by atoms with Crippen LogP contribution in [0.4, 0.5) is 5.69 Å². The third-order valence-corrected chi connectivity index (χ3v) is 1.94. The summed E-state index contributed by atoms with van der Waals surface area (Å²) in [5, 5.41) is 20.0. The smallest absolute Gasteiger partial charge is 0.315 e. The topological polar surface area (TPSA) is 89.7 Å². The van der Waals surface area contributed by atoms with Gasteiger partial charge in [0.2, 0.25) is 5.75 Å². The molecule has 1 aromatic carbocycles. The van der Waals surface area contributed by atoms with E-state index in [0.29, 0.717) is 0 Å². The van der Waals surface area contributed by atoms with Crippen molar-refractivity contribution in [1.29, 1.82) is 0 Å². The number of benzene rings is 1. The van der Waals surface area contributed by atoms with Crippen LogP contribution in [0, 0.1) is 10.1 Å². The molecule has 6 nitrogen and oxygen atoms in total. The highest BCUT2D eigenvalue weighted by molar-refractivity contribution is 6.05. The van der Waals surface area contributed by atoms with Crippen LogP contribution in [0.25, 0.3) is 0 Å². The number of ether oxygens (including phenoxy) is 1. The second-order valence-corrected chi connectivity index (χ2v) is 2.87. The van der Waals surface area contributed by atoms with E-state index in [4.69, 9.17) is 4.74 Å². The molecular formula is C10H9NO5. The Morgan fingerprint density at radius 2 is 2.25 bits per heavy atom. The van der Waals surface area contributed by atoms with Crippen molar-refractivity contribution in [3.05, 3.63) is 40.5 Å². The Bertz CT molecular complexity index is 467. The van der Waals surface area contributed by atoms with E-state index in [1.54, 1.807) is 0 Å². The van der Waals surface area contributed by atoms with Gasteiger partial charge in [-0.15, -0.1) is 0 Å². The summed E-state index contributed by atoms with van der Waals surface area (Å²) in [5.41, 5.74) is -0.541. The Kier molecular flexibility index (Phi) is 3.24. The third kappa shape index (κ3) is 2.00. The van der Waals surface area contributed by atoms with E-state index in [2.05, 4.69) is 6.58 Å². The zero-order valence-corrected chi connectivity index (χ0v) is 8.47. The number of nitrogens with zero attached hydrogens (tertiary/aromatic N) is 1. The minimum Gasteiger partial charge on any atom is -0.500 e. The number of phenols is 1. The van der Waals surface area contributed by atoms with Crippen molar-refractivity contribution in [3.8, 4) is 11.5 Å². The van der Waals surface area contributed by atoms with Gasteiger partial charge in [0, 0.05) is 11.6 Å². The lowest BCUT2D eigenvalue weighted by molar-refractivity contribution is -0.386. The largest absolute Gasteiger partial charge is 0.500 e. The molecule has 0 bridgehead atoms. The average molecular weight is 223 g/mol. The number of allylic oxidation sites excluding steroid dienone is 1. The Morgan fingerprint density at radius 1 is 1.62 bits per heavy atom. The molecule has 0 saturated heterocycles. The number of nitro groups is 1. The quantitative estimate of drug-likeness (QED) is 0.363. The van der Waals surface area contributed by atoms with E-state index in [1.807, 2.05) is 0 Å². The number of ketones is 1. The fourth-order valence-corrected chi connectivity index (χ4v) is 1.15. The van der Waals surface area contributed by atoms with E-state index in [1.165, 1.54) is 13.2 Å². The lowest BCUT2D eigenvalue weighted by atomic mass is 10.1. The predicted molar refractivity (Wildman–Crippen MR) is 55.8 cm³/mol. The fourth-order valence-electron chi connectivity index (χ4n) is 1.15. The minimum absolute atomic E-state index is 0.0383. The van der Waals surface area contributed by atoms with Gasteiger partial charge in [-0.25, -0.2) is 0 Å². The van der Waals surface area contributed by atoms with E-state index < -0.39 is 22.1 Å². The maximum Gasteiger partial charge on any atom is 0.315 e. The molecule has 0 spiro atoms. The van der Waals surface area contributed by atoms with E-state index in [-0.39, 0.29) is 11.3 Å². The first-order chi connectivity index (χ1) is 7.51. The first-order valence-electron chi connectivity index (χ1n) is 4.23. The molecule has 0 unspecified atom stereocenters. The maximum absolute atomic E-state index is 11.3. The summed E-state index contributed by atoms with van der Waals surface area (Å²) in [4.78, 5) is 21.1. The second-order valence-electron chi connectivity index (χ2n) is 2.87. The molecule has 0 amide bonds. The van der Waals surface area contributed by atoms with Crippen LogP contribution in [-0.4, -0.2) is 22.9 Å². The van der Waals surface area contributed by atoms with Crippen molar-refractivity contribution in [3.63, 3.8) is 0 Å². The SMILES string of the molecule is C=CC(=O)c1cc(OC)c(O)c([N+](=O)[O-])c1. The molecule has 16 heavy (non-hydrogen) atoms. The van der Waals surface area contributed by atoms with Gasteiger partial charge in [0.15, 0.2) is 11.5 Å². The third-order valence-electron chi connectivity index (χ3n) is 1.94. The monoisotopic (exact) mass is 223 g/mol. The zero-order chi connectivity index (χ0) is 12.3. The number of rotatable bonds is 4. The van der Waals surface area contributed by atoms with Crippen molar-refractivity contribution in [1.82, 2.24) is 0 Å². The first-order valence-corrected chi connectivity index (χ1v) is 4.23. The standard InChI is InChI=1S/C10H9NO5/c1-3-8(12)6-4-7(11(14)15)10(13)9(5-6)16-2/h3-5,13H,1H2,2H3. The van der Waals surface area contributed by atoms with Crippen LogP contribution < -0.4 is 4.74 Å². The molecule has 0 atom stereocenters. The lowest BCUT2D eigenvalue weighted by Gasteiger charge is -2.05. The molecule has 0 aromatic heterocycles. The summed E-state index contributed by atoms with van der Waals surface area (Å²) in [6.45, 7) is 3.27. The molecule has 1 N–H and O–H groups in total. The molecule has 6 heteroatoms. The van der Waals surface area contributed by atoms with Crippen molar-refractivity contribution in [2.45, 2.75) is 0 Å². The van der Waals surface area contributed by atoms with Crippen LogP contribution in [0.15, 0.2) is 24.8 Å². The van der Waals surface area contributed by atoms with Crippen molar-refractivity contribution in [2.24, 2.45) is 0 Å². The van der Waals surface area contributed by atoms with Gasteiger partial charge >= 0.3 is 5.69 Å². The first kappa shape index (κ1) is 11.7. The van der Waals surface area contributed by atoms with E-state index >= 15 is 0 Å². The molecule has 0 aliphatic carbocycles. The van der Waals surface area contributed by atoms with Crippen molar-refractivity contribution < 1.29 is 19.6 Å². The number of aromatic hydroxyl groups is 1. The van der Waals surface area contributed by atoms with Gasteiger partial charge in [-0.05, 0) is 12.1 Å². The van der Waals surface area contributed by atoms with Gasteiger partial charge in [0.05, 0.1) is 12.0 Å². The molecule has 1 rings (SSSR count). The highest BCUT2D eigenvalue weighted by Crippen LogP contribution is 2.36. The molecular weight excluding hydrogens is 214 g/mol. The minimum atomic E-state index is -0.794. The van der Waals surface area contributed by atoms with Crippen molar-refractivity contribution >= 4 is 11.5 Å². The average Bonchev–Trinajstić information content (AvgIpc) is 2.27. The summed E-state index contributed by atoms with van der Waals surface area (Å²) in [7, 11) is 1.24. The molecule has 0 heterocycles. The normalized spacial score (nSPS) is 9.56. The second kappa shape index (κ2) is 4.43. The summed E-state index contributed by atoms with van der Waals surface area (Å²) < 4.78 is 4.73. The molecule has 0 aliphatic rings. The number of phenolic OH excluding ortho intramolecular Hbond substituents is 1. The molecule has 0 fully saturated rings. The summed E-state index contributed by atoms with van der Waals surface area (Å²) in [5.74, 6) is -1.21. The number of carbonyl (C=O) groups is 1. The number of hydrogen-bond acceptors (Lipinski definition) is 5. The molecule has 0 aliphatic heterocycles. The fraction of sp³-hybridized carbons (Fsp3) is 0.100. The number of nitro benzene ring substituents is 1. The van der Waals surface area contributed by atoms with Gasteiger partial charge in [0.1, 0.15) is 0 Å². The van der Waals surface area contributed by atoms with Gasteiger partial charge < -0.3 is 9.84 Å². The van der Waals surface area contributed by atoms with Crippen LogP contribution in [0.1, 0.15) is 10.4 Å². The van der Waals surface area contributed by atoms with Crippen LogP contribution >= 0.6 is 0 Å². The van der Waals surface area contributed by atoms with E-state index in [9.17, 15) is 20.0 Å². The lowest BCUT2D eigenvalue weighted by Crippen LogP contribution is -1.99. The maximum atomic E-state index is 11.3. The van der Waals surface area contributed by atoms with Crippen LogP contribution in [0.5, 0.6) is 11.5 Å². The van der Waals surface area contributed by atoms with Crippen LogP contribution in [0.2, 0.25) is 0 Å². The number of methoxy groups -OCH3 is 1. The Labute approximate surface area is 90.9 Å². The predicted octanol–water partition coefficient (Wildman–Crippen LogP) is 1.68. The summed E-state index contributed by atoms with van der Waals surface area (Å²) >= 11 is 0. The molecule has 0 saturated carbocycles. The molecule has 1 aromatic rings. The highest BCUT2D eigenvalue weighted by atomic mass is 16.6. The van der Waals surface area contributed by atoms with E-state index in [0.717, 1.165) is 12.1 Å². The zero-order valence-electron chi connectivity index (χ0n) is 8.47. The Hall–Kier alpha value is -2.37. The molecule has 84 valence electrons. The Balaban J connectivity index is 3.45. The number of carbonyl (C=O) groups excluding carboxylic acids is 1. The van der Waals surface area contributed by atoms with Crippen LogP contribution in [0.3, 0.4) is 0 Å². The van der Waals surface area contributed by atoms with Gasteiger partial charge in [0.25, 0.3) is 0 Å². The van der Waals surface area contributed by atoms with Gasteiger partial charge in [-0.3, -0.25) is 14.9 Å². The summed E-state index contributed by atoms with van der Waals surface area (Å²) in [6, 6.07) is 2.19. The summed E-state index contributed by atoms with van der Waals surface area (Å²) in [6.07, 6.45) is 1.02. The Morgan fingerprint density at radius 3 is 2.69 bits per heavy atom. The molecule has 0 radical (unpaired) electrons. The van der Waals surface area contributed by atoms with Crippen molar-refractivity contribution in [2.75, 3.05) is 7.11 Å². The van der Waals surface area contributed by atoms with Crippen LogP contribution in [-0.2, 0) is 0 Å². The highest BCUT2D eigenvalue weighted by Gasteiger charge is 2.21. The number of hydrogen-bond donors (Lipinski definition) is 1. The van der Waals surface area contributed by atoms with Gasteiger partial charge in [-0.2, -0.15) is 0 Å². The van der Waals surface area contributed by atoms with Gasteiger partial charge in [-0.1, -0.05) is 6.58 Å².